The molecule has 0 atom stereocenters. The summed E-state index contributed by atoms with van der Waals surface area (Å²) in [5.74, 6) is 1.18. The SMILES string of the molecule is CCCCn1c2ccccc2c2nnc(N/N=C/c3ccc(OCc4ccccc4)cc3)nc21. The van der Waals surface area contributed by atoms with Crippen molar-refractivity contribution >= 4 is 34.2 Å². The number of nitrogens with zero attached hydrogens (tertiary/aromatic N) is 5. The number of aryl methyl sites for hydroxylation is 1. The highest BCUT2D eigenvalue weighted by molar-refractivity contribution is 6.04. The third-order valence-electron chi connectivity index (χ3n) is 5.62. The van der Waals surface area contributed by atoms with Crippen LogP contribution in [0.1, 0.15) is 30.9 Å². The van der Waals surface area contributed by atoms with Gasteiger partial charge in [-0.05, 0) is 47.9 Å². The molecule has 34 heavy (non-hydrogen) atoms. The smallest absolute Gasteiger partial charge is 0.265 e. The third kappa shape index (κ3) is 4.73. The number of aromatic nitrogens is 4. The lowest BCUT2D eigenvalue weighted by atomic mass is 10.2. The number of benzene rings is 3. The molecule has 170 valence electrons. The standard InChI is InChI=1S/C27H26N6O/c1-2-3-17-33-24-12-8-7-11-23(24)25-26(33)29-27(32-30-25)31-28-18-20-13-15-22(16-14-20)34-19-21-9-5-4-6-10-21/h4-16,18H,2-3,17,19H2,1H3,(H,29,31,32)/b28-18+. The van der Waals surface area contributed by atoms with Crippen molar-refractivity contribution in [3.8, 4) is 5.75 Å². The molecule has 7 nitrogen and oxygen atoms in total. The number of hydrazone groups is 1. The van der Waals surface area contributed by atoms with Crippen molar-refractivity contribution in [2.75, 3.05) is 5.43 Å². The zero-order valence-electron chi connectivity index (χ0n) is 19.1. The van der Waals surface area contributed by atoms with E-state index in [-0.39, 0.29) is 0 Å². The van der Waals surface area contributed by atoms with Gasteiger partial charge < -0.3 is 9.30 Å². The largest absolute Gasteiger partial charge is 0.489 e. The number of ether oxygens (including phenoxy) is 1. The van der Waals surface area contributed by atoms with Crippen LogP contribution in [0.15, 0.2) is 84.0 Å². The van der Waals surface area contributed by atoms with Crippen LogP contribution < -0.4 is 10.2 Å². The Morgan fingerprint density at radius 2 is 1.74 bits per heavy atom. The molecule has 2 heterocycles. The summed E-state index contributed by atoms with van der Waals surface area (Å²) in [5.41, 5.74) is 7.75. The van der Waals surface area contributed by atoms with Crippen molar-refractivity contribution < 1.29 is 4.74 Å². The second-order valence-electron chi connectivity index (χ2n) is 8.04. The van der Waals surface area contributed by atoms with Crippen molar-refractivity contribution in [3.63, 3.8) is 0 Å². The molecule has 0 aliphatic carbocycles. The zero-order valence-corrected chi connectivity index (χ0v) is 19.1. The van der Waals surface area contributed by atoms with Crippen molar-refractivity contribution in [3.05, 3.63) is 90.0 Å². The van der Waals surface area contributed by atoms with Gasteiger partial charge in [-0.2, -0.15) is 10.1 Å². The Morgan fingerprint density at radius 1 is 0.941 bits per heavy atom. The molecular formula is C27H26N6O. The number of rotatable bonds is 9. The van der Waals surface area contributed by atoms with Gasteiger partial charge in [0.05, 0.1) is 11.7 Å². The van der Waals surface area contributed by atoms with E-state index in [1.54, 1.807) is 6.21 Å². The average Bonchev–Trinajstić information content (AvgIpc) is 3.20. The first-order chi connectivity index (χ1) is 16.8. The van der Waals surface area contributed by atoms with Crippen molar-refractivity contribution in [1.82, 2.24) is 19.7 Å². The van der Waals surface area contributed by atoms with Crippen LogP contribution >= 0.6 is 0 Å². The normalized spacial score (nSPS) is 11.4. The zero-order chi connectivity index (χ0) is 23.2. The van der Waals surface area contributed by atoms with Crippen LogP contribution in [0.4, 0.5) is 5.95 Å². The van der Waals surface area contributed by atoms with Gasteiger partial charge in [0.15, 0.2) is 5.65 Å². The first-order valence-corrected chi connectivity index (χ1v) is 11.5. The van der Waals surface area contributed by atoms with Crippen molar-refractivity contribution in [2.45, 2.75) is 32.9 Å². The van der Waals surface area contributed by atoms with Gasteiger partial charge in [0, 0.05) is 11.9 Å². The number of anilines is 1. The topological polar surface area (TPSA) is 77.2 Å². The minimum atomic E-state index is 0.368. The molecule has 5 rings (SSSR count). The highest BCUT2D eigenvalue weighted by Gasteiger charge is 2.14. The monoisotopic (exact) mass is 450 g/mol. The molecule has 3 aromatic carbocycles. The second-order valence-corrected chi connectivity index (χ2v) is 8.04. The summed E-state index contributed by atoms with van der Waals surface area (Å²) in [4.78, 5) is 4.71. The molecule has 0 aliphatic heterocycles. The van der Waals surface area contributed by atoms with Crippen LogP contribution in [0.5, 0.6) is 5.75 Å². The number of nitrogens with one attached hydrogen (secondary N) is 1. The fourth-order valence-corrected chi connectivity index (χ4v) is 3.85. The number of hydrogen-bond acceptors (Lipinski definition) is 6. The van der Waals surface area contributed by atoms with Gasteiger partial charge in [-0.25, -0.2) is 5.43 Å². The van der Waals surface area contributed by atoms with Gasteiger partial charge in [0.2, 0.25) is 0 Å². The molecule has 0 aliphatic rings. The van der Waals surface area contributed by atoms with E-state index in [1.807, 2.05) is 66.7 Å². The van der Waals surface area contributed by atoms with E-state index in [2.05, 4.69) is 44.3 Å². The van der Waals surface area contributed by atoms with Crippen LogP contribution in [-0.4, -0.2) is 26.0 Å². The van der Waals surface area contributed by atoms with E-state index in [0.717, 1.165) is 58.3 Å². The molecule has 0 fully saturated rings. The van der Waals surface area contributed by atoms with Gasteiger partial charge in [-0.15, -0.1) is 10.2 Å². The fraction of sp³-hybridized carbons (Fsp3) is 0.185. The number of para-hydroxylation sites is 1. The molecule has 0 amide bonds. The number of unbranched alkanes of at least 4 members (excludes halogenated alkanes) is 1. The van der Waals surface area contributed by atoms with Crippen LogP contribution in [0.3, 0.4) is 0 Å². The summed E-state index contributed by atoms with van der Waals surface area (Å²) in [7, 11) is 0. The van der Waals surface area contributed by atoms with E-state index in [0.29, 0.717) is 12.6 Å². The molecule has 0 saturated heterocycles. The van der Waals surface area contributed by atoms with Crippen LogP contribution in [-0.2, 0) is 13.2 Å². The molecule has 5 aromatic rings. The van der Waals surface area contributed by atoms with Crippen molar-refractivity contribution in [1.29, 1.82) is 0 Å². The van der Waals surface area contributed by atoms with Crippen LogP contribution in [0, 0.1) is 0 Å². The Balaban J connectivity index is 1.28. The van der Waals surface area contributed by atoms with Gasteiger partial charge in [0.1, 0.15) is 17.9 Å². The minimum Gasteiger partial charge on any atom is -0.489 e. The summed E-state index contributed by atoms with van der Waals surface area (Å²) in [6.45, 7) is 3.61. The highest BCUT2D eigenvalue weighted by Crippen LogP contribution is 2.26. The van der Waals surface area contributed by atoms with E-state index < -0.39 is 0 Å². The summed E-state index contributed by atoms with van der Waals surface area (Å²) < 4.78 is 8.05. The summed E-state index contributed by atoms with van der Waals surface area (Å²) in [6.07, 6.45) is 3.91. The van der Waals surface area contributed by atoms with E-state index >= 15 is 0 Å². The molecule has 0 radical (unpaired) electrons. The number of fused-ring (bicyclic) bond motifs is 3. The lowest BCUT2D eigenvalue weighted by Crippen LogP contribution is -2.03. The predicted octanol–water partition coefficient (Wildman–Crippen LogP) is 5.80. The molecule has 1 N–H and O–H groups in total. The lowest BCUT2D eigenvalue weighted by Gasteiger charge is -2.06. The Bertz CT molecular complexity index is 1410. The third-order valence-corrected chi connectivity index (χ3v) is 5.62. The van der Waals surface area contributed by atoms with Crippen LogP contribution in [0.2, 0.25) is 0 Å². The maximum Gasteiger partial charge on any atom is 0.265 e. The molecule has 2 aromatic heterocycles. The highest BCUT2D eigenvalue weighted by atomic mass is 16.5. The Hall–Kier alpha value is -4.26. The fourth-order valence-electron chi connectivity index (χ4n) is 3.85. The summed E-state index contributed by atoms with van der Waals surface area (Å²) in [6, 6.07) is 26.1. The Kier molecular flexibility index (Phi) is 6.42. The first kappa shape index (κ1) is 21.6. The molecular weight excluding hydrogens is 424 g/mol. The minimum absolute atomic E-state index is 0.368. The second kappa shape index (κ2) is 10.1. The summed E-state index contributed by atoms with van der Waals surface area (Å²) >= 11 is 0. The maximum atomic E-state index is 5.84. The molecule has 0 saturated carbocycles. The van der Waals surface area contributed by atoms with Gasteiger partial charge >= 0.3 is 0 Å². The first-order valence-electron chi connectivity index (χ1n) is 11.5. The molecule has 0 unspecified atom stereocenters. The molecule has 0 bridgehead atoms. The maximum absolute atomic E-state index is 5.84. The number of hydrogen-bond donors (Lipinski definition) is 1. The lowest BCUT2D eigenvalue weighted by molar-refractivity contribution is 0.306. The molecule has 0 spiro atoms. The van der Waals surface area contributed by atoms with Crippen molar-refractivity contribution in [2.24, 2.45) is 5.10 Å². The average molecular weight is 451 g/mol. The van der Waals surface area contributed by atoms with E-state index in [9.17, 15) is 0 Å². The van der Waals surface area contributed by atoms with Gasteiger partial charge in [0.25, 0.3) is 5.95 Å². The Labute approximate surface area is 198 Å². The molecule has 7 heteroatoms. The Morgan fingerprint density at radius 3 is 2.56 bits per heavy atom. The van der Waals surface area contributed by atoms with Gasteiger partial charge in [-0.1, -0.05) is 61.9 Å². The van der Waals surface area contributed by atoms with Crippen LogP contribution in [0.25, 0.3) is 22.1 Å². The summed E-state index contributed by atoms with van der Waals surface area (Å²) in [5, 5.41) is 14.0. The van der Waals surface area contributed by atoms with Gasteiger partial charge in [-0.3, -0.25) is 0 Å². The quantitative estimate of drug-likeness (QED) is 0.227. The van der Waals surface area contributed by atoms with E-state index in [4.69, 9.17) is 9.72 Å². The predicted molar refractivity (Wildman–Crippen MR) is 136 cm³/mol. The van der Waals surface area contributed by atoms with E-state index in [1.165, 1.54) is 0 Å².